The molecule has 0 saturated heterocycles. The van der Waals surface area contributed by atoms with Gasteiger partial charge in [-0.3, -0.25) is 4.21 Å². The molecule has 0 radical (unpaired) electrons. The molecule has 0 aromatic heterocycles. The minimum Gasteiger partial charge on any atom is -0.250 e. The average molecular weight is 135 g/mol. The molecular weight excluding hydrogens is 122 g/mol. The molecule has 0 rings (SSSR count). The molecule has 0 aliphatic rings. The molecule has 0 unspecified atom stereocenters. The summed E-state index contributed by atoms with van der Waals surface area (Å²) in [6.07, 6.45) is 4.30. The zero-order valence-corrected chi connectivity index (χ0v) is 6.49. The van der Waals surface area contributed by atoms with Crippen molar-refractivity contribution in [2.45, 2.75) is 13.3 Å². The van der Waals surface area contributed by atoms with E-state index in [9.17, 15) is 4.21 Å². The van der Waals surface area contributed by atoms with Crippen LogP contribution in [0, 0.1) is 0 Å². The molecule has 0 bridgehead atoms. The summed E-state index contributed by atoms with van der Waals surface area (Å²) in [7, 11) is -1.81. The van der Waals surface area contributed by atoms with Gasteiger partial charge in [-0.2, -0.15) is 0 Å². The first-order valence-electron chi connectivity index (χ1n) is 2.69. The van der Waals surface area contributed by atoms with Gasteiger partial charge in [0.1, 0.15) is 0 Å². The topological polar surface area (TPSA) is 29.4 Å². The zero-order chi connectivity index (χ0) is 6.62. The van der Waals surface area contributed by atoms with E-state index in [-0.39, 0.29) is 0 Å². The van der Waals surface area contributed by atoms with E-state index in [1.807, 2.05) is 6.92 Å². The number of hydrogen-bond donors (Lipinski definition) is 0. The van der Waals surface area contributed by atoms with Crippen molar-refractivity contribution in [1.29, 1.82) is 0 Å². The van der Waals surface area contributed by atoms with Crippen molar-refractivity contribution in [3.63, 3.8) is 0 Å². The molecular formula is C5H13NOS. The van der Waals surface area contributed by atoms with Crippen LogP contribution in [0.4, 0.5) is 0 Å². The smallest absolute Gasteiger partial charge is 0.0481 e. The van der Waals surface area contributed by atoms with Crippen molar-refractivity contribution in [3.8, 4) is 0 Å². The summed E-state index contributed by atoms with van der Waals surface area (Å²) in [6, 6.07) is 0. The molecule has 50 valence electrons. The van der Waals surface area contributed by atoms with Crippen LogP contribution in [0.1, 0.15) is 13.3 Å². The van der Waals surface area contributed by atoms with Crippen LogP contribution in [0.2, 0.25) is 0 Å². The second-order valence-electron chi connectivity index (χ2n) is 2.03. The normalized spacial score (nSPS) is 11.4. The number of hydrogen-bond acceptors (Lipinski definition) is 2. The first-order chi connectivity index (χ1) is 3.56. The van der Waals surface area contributed by atoms with Gasteiger partial charge in [-0.25, -0.2) is 4.36 Å². The third-order valence-electron chi connectivity index (χ3n) is 0.626. The molecule has 0 heterocycles. The highest BCUT2D eigenvalue weighted by atomic mass is 32.2. The summed E-state index contributed by atoms with van der Waals surface area (Å²) in [5.74, 6) is 0. The highest BCUT2D eigenvalue weighted by Gasteiger charge is 1.84. The van der Waals surface area contributed by atoms with Crippen molar-refractivity contribution in [3.05, 3.63) is 0 Å². The van der Waals surface area contributed by atoms with Crippen LogP contribution >= 0.6 is 0 Å². The first-order valence-corrected chi connectivity index (χ1v) is 5.02. The van der Waals surface area contributed by atoms with Crippen LogP contribution in [0.3, 0.4) is 0 Å². The first kappa shape index (κ1) is 7.95. The van der Waals surface area contributed by atoms with Gasteiger partial charge in [0.2, 0.25) is 0 Å². The molecule has 0 spiro atoms. The van der Waals surface area contributed by atoms with Gasteiger partial charge in [-0.05, 0) is 6.42 Å². The maximum absolute atomic E-state index is 10.8. The Morgan fingerprint density at radius 3 is 2.12 bits per heavy atom. The fourth-order valence-corrected chi connectivity index (χ4v) is 0.933. The standard InChI is InChI=1S/C5H13NOS/c1-4-5-6-8(2,3)7/h4-5H2,1-3H3. The van der Waals surface area contributed by atoms with Gasteiger partial charge >= 0.3 is 0 Å². The number of rotatable bonds is 2. The SMILES string of the molecule is CCCN=S(C)(C)=O. The van der Waals surface area contributed by atoms with E-state index < -0.39 is 9.73 Å². The number of nitrogens with zero attached hydrogens (tertiary/aromatic N) is 1. The lowest BCUT2D eigenvalue weighted by molar-refractivity contribution is 0.682. The summed E-state index contributed by atoms with van der Waals surface area (Å²) in [4.78, 5) is 0. The molecule has 0 aromatic rings. The highest BCUT2D eigenvalue weighted by Crippen LogP contribution is 1.85. The second kappa shape index (κ2) is 3.07. The summed E-state index contributed by atoms with van der Waals surface area (Å²) >= 11 is 0. The van der Waals surface area contributed by atoms with E-state index in [1.165, 1.54) is 0 Å². The molecule has 0 aliphatic carbocycles. The largest absolute Gasteiger partial charge is 0.250 e. The van der Waals surface area contributed by atoms with Gasteiger partial charge in [0.05, 0.1) is 0 Å². The summed E-state index contributed by atoms with van der Waals surface area (Å²) in [6.45, 7) is 2.75. The van der Waals surface area contributed by atoms with Crippen molar-refractivity contribution in [2.75, 3.05) is 19.1 Å². The van der Waals surface area contributed by atoms with Gasteiger partial charge in [0.15, 0.2) is 0 Å². The molecule has 0 aromatic carbocycles. The van der Waals surface area contributed by atoms with Crippen LogP contribution in [0.25, 0.3) is 0 Å². The van der Waals surface area contributed by atoms with E-state index in [2.05, 4.69) is 4.36 Å². The molecule has 0 saturated carbocycles. The summed E-state index contributed by atoms with van der Waals surface area (Å²) in [5.41, 5.74) is 0. The van der Waals surface area contributed by atoms with Crippen LogP contribution in [-0.2, 0) is 9.73 Å². The Morgan fingerprint density at radius 1 is 1.50 bits per heavy atom. The molecule has 0 atom stereocenters. The van der Waals surface area contributed by atoms with Crippen molar-refractivity contribution >= 4 is 9.73 Å². The van der Waals surface area contributed by atoms with E-state index in [0.717, 1.165) is 13.0 Å². The monoisotopic (exact) mass is 135 g/mol. The quantitative estimate of drug-likeness (QED) is 0.558. The zero-order valence-electron chi connectivity index (χ0n) is 5.68. The Labute approximate surface area is 51.5 Å². The minimum atomic E-state index is -1.81. The molecule has 0 fully saturated rings. The van der Waals surface area contributed by atoms with Gasteiger partial charge in [-0.1, -0.05) is 6.92 Å². The van der Waals surface area contributed by atoms with E-state index >= 15 is 0 Å². The lowest BCUT2D eigenvalue weighted by Crippen LogP contribution is -1.91. The maximum Gasteiger partial charge on any atom is 0.0481 e. The predicted molar refractivity (Wildman–Crippen MR) is 37.6 cm³/mol. The Hall–Kier alpha value is -0.0500. The lowest BCUT2D eigenvalue weighted by atomic mass is 10.5. The van der Waals surface area contributed by atoms with Gasteiger partial charge < -0.3 is 0 Å². The van der Waals surface area contributed by atoms with Crippen LogP contribution < -0.4 is 0 Å². The second-order valence-corrected chi connectivity index (χ2v) is 4.65. The van der Waals surface area contributed by atoms with Crippen molar-refractivity contribution in [1.82, 2.24) is 0 Å². The van der Waals surface area contributed by atoms with Crippen molar-refractivity contribution in [2.24, 2.45) is 4.36 Å². The Morgan fingerprint density at radius 2 is 2.00 bits per heavy atom. The summed E-state index contributed by atoms with van der Waals surface area (Å²) < 4.78 is 14.7. The van der Waals surface area contributed by atoms with Crippen LogP contribution in [0.5, 0.6) is 0 Å². The Kier molecular flexibility index (Phi) is 3.05. The molecule has 0 aliphatic heterocycles. The molecule has 3 heteroatoms. The molecule has 8 heavy (non-hydrogen) atoms. The van der Waals surface area contributed by atoms with Crippen LogP contribution in [-0.4, -0.2) is 23.3 Å². The highest BCUT2D eigenvalue weighted by molar-refractivity contribution is 7.92. The predicted octanol–water partition coefficient (Wildman–Crippen LogP) is 1.12. The fraction of sp³-hybridized carbons (Fsp3) is 1.00. The molecule has 0 amide bonds. The average Bonchev–Trinajstić information content (AvgIpc) is 1.59. The van der Waals surface area contributed by atoms with Gasteiger partial charge in [0, 0.05) is 28.8 Å². The van der Waals surface area contributed by atoms with E-state index in [4.69, 9.17) is 0 Å². The van der Waals surface area contributed by atoms with Gasteiger partial charge in [-0.15, -0.1) is 0 Å². The van der Waals surface area contributed by atoms with E-state index in [1.54, 1.807) is 12.5 Å². The molecule has 2 nitrogen and oxygen atoms in total. The Balaban J connectivity index is 3.78. The lowest BCUT2D eigenvalue weighted by Gasteiger charge is -1.90. The third-order valence-corrected chi connectivity index (χ3v) is 1.43. The van der Waals surface area contributed by atoms with E-state index in [0.29, 0.717) is 0 Å². The molecule has 0 N–H and O–H groups in total. The summed E-state index contributed by atoms with van der Waals surface area (Å²) in [5, 5.41) is 0. The minimum absolute atomic E-state index is 0.728. The third kappa shape index (κ3) is 5.95. The fourth-order valence-electron chi connectivity index (χ4n) is 0.311. The van der Waals surface area contributed by atoms with Crippen LogP contribution in [0.15, 0.2) is 4.36 Å². The van der Waals surface area contributed by atoms with Crippen molar-refractivity contribution < 1.29 is 4.21 Å². The van der Waals surface area contributed by atoms with Gasteiger partial charge in [0.25, 0.3) is 0 Å². The maximum atomic E-state index is 10.8. The Bertz CT molecular complexity index is 148.